The van der Waals surface area contributed by atoms with E-state index < -0.39 is 5.41 Å². The van der Waals surface area contributed by atoms with Gasteiger partial charge in [0.1, 0.15) is 12.1 Å². The van der Waals surface area contributed by atoms with Crippen molar-refractivity contribution in [1.82, 2.24) is 9.97 Å². The summed E-state index contributed by atoms with van der Waals surface area (Å²) in [6.07, 6.45) is 5.33. The summed E-state index contributed by atoms with van der Waals surface area (Å²) in [5.74, 6) is 1.01. The molecule has 23 heavy (non-hydrogen) atoms. The number of rotatable bonds is 2. The van der Waals surface area contributed by atoms with Crippen LogP contribution in [0.4, 0.5) is 11.5 Å². The summed E-state index contributed by atoms with van der Waals surface area (Å²) >= 11 is 0. The van der Waals surface area contributed by atoms with Gasteiger partial charge in [0, 0.05) is 29.6 Å². The van der Waals surface area contributed by atoms with Crippen molar-refractivity contribution in [3.63, 3.8) is 0 Å². The van der Waals surface area contributed by atoms with E-state index in [1.807, 2.05) is 39.0 Å². The van der Waals surface area contributed by atoms with Crippen LogP contribution in [0.25, 0.3) is 10.9 Å². The van der Waals surface area contributed by atoms with E-state index in [9.17, 15) is 4.79 Å². The first-order chi connectivity index (χ1) is 10.9. The van der Waals surface area contributed by atoms with Crippen molar-refractivity contribution in [1.29, 1.82) is 0 Å². The monoisotopic (exact) mass is 312 g/mol. The van der Waals surface area contributed by atoms with Crippen molar-refractivity contribution in [2.75, 3.05) is 23.3 Å². The van der Waals surface area contributed by atoms with Crippen LogP contribution in [0.15, 0.2) is 24.5 Å². The lowest BCUT2D eigenvalue weighted by Gasteiger charge is -2.28. The summed E-state index contributed by atoms with van der Waals surface area (Å²) in [4.78, 5) is 23.3. The summed E-state index contributed by atoms with van der Waals surface area (Å²) in [6.45, 7) is 7.81. The first-order valence-electron chi connectivity index (χ1n) is 8.26. The van der Waals surface area contributed by atoms with Gasteiger partial charge < -0.3 is 10.2 Å². The summed E-state index contributed by atoms with van der Waals surface area (Å²) in [6, 6.07) is 5.87. The average Bonchev–Trinajstić information content (AvgIpc) is 2.54. The molecular formula is C18H24N4O. The zero-order valence-electron chi connectivity index (χ0n) is 14.1. The van der Waals surface area contributed by atoms with E-state index in [1.54, 1.807) is 6.33 Å². The fourth-order valence-corrected chi connectivity index (χ4v) is 2.80. The number of carbonyl (C=O) groups is 1. The number of carbonyl (C=O) groups excluding carboxylic acids is 1. The number of nitrogens with one attached hydrogen (secondary N) is 1. The molecule has 1 aliphatic heterocycles. The maximum absolute atomic E-state index is 12.1. The Morgan fingerprint density at radius 3 is 2.57 bits per heavy atom. The molecule has 122 valence electrons. The largest absolute Gasteiger partial charge is 0.356 e. The minimum Gasteiger partial charge on any atom is -0.356 e. The van der Waals surface area contributed by atoms with Gasteiger partial charge in [0.2, 0.25) is 5.91 Å². The highest BCUT2D eigenvalue weighted by Gasteiger charge is 2.21. The molecule has 5 nitrogen and oxygen atoms in total. The van der Waals surface area contributed by atoms with E-state index in [2.05, 4.69) is 20.2 Å². The molecule has 3 rings (SSSR count). The van der Waals surface area contributed by atoms with E-state index >= 15 is 0 Å². The number of amides is 1. The second-order valence-electron chi connectivity index (χ2n) is 7.18. The topological polar surface area (TPSA) is 58.1 Å². The van der Waals surface area contributed by atoms with Crippen LogP contribution >= 0.6 is 0 Å². The maximum Gasteiger partial charge on any atom is 0.229 e. The molecule has 0 saturated carbocycles. The Hall–Kier alpha value is -2.17. The molecular weight excluding hydrogens is 288 g/mol. The second kappa shape index (κ2) is 6.14. The number of aromatic nitrogens is 2. The zero-order valence-corrected chi connectivity index (χ0v) is 14.1. The summed E-state index contributed by atoms with van der Waals surface area (Å²) in [5, 5.41) is 4.00. The van der Waals surface area contributed by atoms with Crippen LogP contribution in [0.5, 0.6) is 0 Å². The predicted octanol–water partition coefficient (Wildman–Crippen LogP) is 3.60. The average molecular weight is 312 g/mol. The Balaban J connectivity index is 1.90. The first-order valence-corrected chi connectivity index (χ1v) is 8.26. The van der Waals surface area contributed by atoms with Gasteiger partial charge in [0.25, 0.3) is 0 Å². The smallest absolute Gasteiger partial charge is 0.229 e. The summed E-state index contributed by atoms with van der Waals surface area (Å²) < 4.78 is 0. The summed E-state index contributed by atoms with van der Waals surface area (Å²) in [7, 11) is 0. The number of hydrogen-bond donors (Lipinski definition) is 1. The van der Waals surface area contributed by atoms with Crippen LogP contribution in [0, 0.1) is 5.41 Å². The van der Waals surface area contributed by atoms with Gasteiger partial charge in [0.05, 0.1) is 5.52 Å². The minimum absolute atomic E-state index is 0.00200. The van der Waals surface area contributed by atoms with Crippen molar-refractivity contribution >= 4 is 28.3 Å². The number of benzene rings is 1. The quantitative estimate of drug-likeness (QED) is 0.920. The molecule has 1 fully saturated rings. The molecule has 1 saturated heterocycles. The maximum atomic E-state index is 12.1. The van der Waals surface area contributed by atoms with Gasteiger partial charge in [-0.25, -0.2) is 9.97 Å². The van der Waals surface area contributed by atoms with E-state index in [0.29, 0.717) is 0 Å². The lowest BCUT2D eigenvalue weighted by atomic mass is 9.95. The van der Waals surface area contributed by atoms with Gasteiger partial charge in [-0.1, -0.05) is 20.8 Å². The van der Waals surface area contributed by atoms with Crippen LogP contribution < -0.4 is 10.2 Å². The summed E-state index contributed by atoms with van der Waals surface area (Å²) in [5.41, 5.74) is 1.23. The van der Waals surface area contributed by atoms with Crippen molar-refractivity contribution in [2.24, 2.45) is 5.41 Å². The van der Waals surface area contributed by atoms with Crippen LogP contribution in [-0.2, 0) is 4.79 Å². The molecule has 0 spiro atoms. The molecule has 1 aromatic carbocycles. The van der Waals surface area contributed by atoms with Crippen LogP contribution in [-0.4, -0.2) is 29.0 Å². The van der Waals surface area contributed by atoms with E-state index in [0.717, 1.165) is 35.5 Å². The second-order valence-corrected chi connectivity index (χ2v) is 7.18. The number of anilines is 2. The fraction of sp³-hybridized carbons (Fsp3) is 0.500. The Morgan fingerprint density at radius 2 is 1.87 bits per heavy atom. The van der Waals surface area contributed by atoms with Crippen molar-refractivity contribution in [3.05, 3.63) is 24.5 Å². The molecule has 0 aliphatic carbocycles. The third-order valence-corrected chi connectivity index (χ3v) is 4.21. The Kier molecular flexibility index (Phi) is 4.20. The predicted molar refractivity (Wildman–Crippen MR) is 93.7 cm³/mol. The molecule has 0 unspecified atom stereocenters. The van der Waals surface area contributed by atoms with Gasteiger partial charge >= 0.3 is 0 Å². The molecule has 2 heterocycles. The van der Waals surface area contributed by atoms with Crippen molar-refractivity contribution in [2.45, 2.75) is 40.0 Å². The van der Waals surface area contributed by atoms with Gasteiger partial charge in [-0.15, -0.1) is 0 Å². The third-order valence-electron chi connectivity index (χ3n) is 4.21. The van der Waals surface area contributed by atoms with Crippen LogP contribution in [0.3, 0.4) is 0 Å². The standard InChI is InChI=1S/C18H24N4O/c1-18(2,3)17(23)21-13-7-8-14-15(11-13)19-12-20-16(14)22-9-5-4-6-10-22/h7-8,11-12H,4-6,9-10H2,1-3H3,(H,21,23). The minimum atomic E-state index is -0.417. The zero-order chi connectivity index (χ0) is 16.4. The molecule has 1 aromatic heterocycles. The van der Waals surface area contributed by atoms with E-state index in [-0.39, 0.29) is 5.91 Å². The fourth-order valence-electron chi connectivity index (χ4n) is 2.80. The number of hydrogen-bond acceptors (Lipinski definition) is 4. The SMILES string of the molecule is CC(C)(C)C(=O)Nc1ccc2c(N3CCCCC3)ncnc2c1. The van der Waals surface area contributed by atoms with Gasteiger partial charge in [-0.2, -0.15) is 0 Å². The Bertz CT molecular complexity index is 715. The molecule has 1 N–H and O–H groups in total. The van der Waals surface area contributed by atoms with Gasteiger partial charge in [-0.05, 0) is 37.5 Å². The molecule has 1 amide bonds. The molecule has 0 bridgehead atoms. The van der Waals surface area contributed by atoms with E-state index in [4.69, 9.17) is 0 Å². The highest BCUT2D eigenvalue weighted by molar-refractivity contribution is 5.98. The number of piperidine rings is 1. The number of nitrogens with zero attached hydrogens (tertiary/aromatic N) is 3. The Morgan fingerprint density at radius 1 is 1.13 bits per heavy atom. The Labute approximate surface area is 137 Å². The highest BCUT2D eigenvalue weighted by Crippen LogP contribution is 2.28. The number of fused-ring (bicyclic) bond motifs is 1. The normalized spacial score (nSPS) is 15.7. The van der Waals surface area contributed by atoms with E-state index in [1.165, 1.54) is 19.3 Å². The molecule has 0 atom stereocenters. The molecule has 2 aromatic rings. The van der Waals surface area contributed by atoms with Crippen LogP contribution in [0.1, 0.15) is 40.0 Å². The third kappa shape index (κ3) is 3.44. The van der Waals surface area contributed by atoms with Crippen molar-refractivity contribution < 1.29 is 4.79 Å². The molecule has 5 heteroatoms. The first kappa shape index (κ1) is 15.7. The lowest BCUT2D eigenvalue weighted by molar-refractivity contribution is -0.123. The highest BCUT2D eigenvalue weighted by atomic mass is 16.2. The molecule has 1 aliphatic rings. The molecule has 0 radical (unpaired) electrons. The lowest BCUT2D eigenvalue weighted by Crippen LogP contribution is -2.30. The van der Waals surface area contributed by atoms with Crippen LogP contribution in [0.2, 0.25) is 0 Å². The van der Waals surface area contributed by atoms with Gasteiger partial charge in [-0.3, -0.25) is 4.79 Å². The van der Waals surface area contributed by atoms with Crippen molar-refractivity contribution in [3.8, 4) is 0 Å². The van der Waals surface area contributed by atoms with Gasteiger partial charge in [0.15, 0.2) is 0 Å².